The average Bonchev–Trinajstić information content (AvgIpc) is 2.90. The predicted octanol–water partition coefficient (Wildman–Crippen LogP) is 2.73. The molecule has 24 heavy (non-hydrogen) atoms. The zero-order valence-electron chi connectivity index (χ0n) is 13.7. The minimum Gasteiger partial charge on any atom is -0.343 e. The highest BCUT2D eigenvalue weighted by atomic mass is 35.5. The molecule has 0 aliphatic rings. The van der Waals surface area contributed by atoms with Gasteiger partial charge in [0, 0.05) is 13.6 Å². The fourth-order valence-corrected chi connectivity index (χ4v) is 2.76. The topological polar surface area (TPSA) is 72.9 Å². The van der Waals surface area contributed by atoms with Gasteiger partial charge in [-0.3, -0.25) is 9.48 Å². The summed E-state index contributed by atoms with van der Waals surface area (Å²) in [7, 11) is 1.76. The highest BCUT2D eigenvalue weighted by Gasteiger charge is 2.17. The van der Waals surface area contributed by atoms with E-state index in [0.29, 0.717) is 12.2 Å². The molecule has 5 nitrogen and oxygen atoms in total. The van der Waals surface area contributed by atoms with Gasteiger partial charge in [0.25, 0.3) is 5.91 Å². The zero-order chi connectivity index (χ0) is 16.4. The Morgan fingerprint density at radius 1 is 1.21 bits per heavy atom. The molecule has 3 rings (SSSR count). The molecule has 3 N–H and O–H groups in total. The lowest BCUT2D eigenvalue weighted by atomic mass is 10.0. The Labute approximate surface area is 147 Å². The van der Waals surface area contributed by atoms with Gasteiger partial charge in [-0.2, -0.15) is 5.10 Å². The first-order valence-electron chi connectivity index (χ1n) is 7.59. The van der Waals surface area contributed by atoms with E-state index < -0.39 is 0 Å². The van der Waals surface area contributed by atoms with E-state index in [-0.39, 0.29) is 24.4 Å². The molecule has 0 radical (unpaired) electrons. The van der Waals surface area contributed by atoms with E-state index in [2.05, 4.69) is 28.6 Å². The Kier molecular flexibility index (Phi) is 5.59. The molecule has 0 bridgehead atoms. The SMILES string of the molecule is Cc1cc(C(=O)NC(CN)c2ccc3ccccc3c2)n(C)n1.Cl. The lowest BCUT2D eigenvalue weighted by molar-refractivity contribution is 0.0928. The maximum absolute atomic E-state index is 12.5. The van der Waals surface area contributed by atoms with Gasteiger partial charge in [-0.05, 0) is 35.4 Å². The lowest BCUT2D eigenvalue weighted by Gasteiger charge is -2.18. The van der Waals surface area contributed by atoms with Crippen molar-refractivity contribution in [1.82, 2.24) is 15.1 Å². The standard InChI is InChI=1S/C18H20N4O.ClH/c1-12-9-17(22(2)21-12)18(23)20-16(11-19)15-8-7-13-5-3-4-6-14(13)10-15;/h3-10,16H,11,19H2,1-2H3,(H,20,23);1H. The third-order valence-corrected chi connectivity index (χ3v) is 3.95. The first-order valence-corrected chi connectivity index (χ1v) is 7.59. The number of rotatable bonds is 4. The Balaban J connectivity index is 0.00000208. The van der Waals surface area contributed by atoms with Crippen LogP contribution in [0.5, 0.6) is 0 Å². The van der Waals surface area contributed by atoms with Crippen molar-refractivity contribution in [3.63, 3.8) is 0 Å². The molecule has 6 heteroatoms. The van der Waals surface area contributed by atoms with Crippen molar-refractivity contribution >= 4 is 29.1 Å². The van der Waals surface area contributed by atoms with Crippen LogP contribution in [0, 0.1) is 6.92 Å². The predicted molar refractivity (Wildman–Crippen MR) is 98.4 cm³/mol. The normalized spacial score (nSPS) is 11.8. The second kappa shape index (κ2) is 7.47. The van der Waals surface area contributed by atoms with Crippen molar-refractivity contribution < 1.29 is 4.79 Å². The summed E-state index contributed by atoms with van der Waals surface area (Å²) in [6.45, 7) is 2.20. The van der Waals surface area contributed by atoms with Crippen LogP contribution >= 0.6 is 12.4 Å². The molecule has 1 aromatic heterocycles. The van der Waals surface area contributed by atoms with Gasteiger partial charge in [0.05, 0.1) is 11.7 Å². The molecule has 0 aliphatic heterocycles. The number of nitrogens with two attached hydrogens (primary N) is 1. The molecule has 3 aromatic rings. The van der Waals surface area contributed by atoms with Crippen LogP contribution in [0.25, 0.3) is 10.8 Å². The van der Waals surface area contributed by atoms with Crippen LogP contribution in [0.2, 0.25) is 0 Å². The molecule has 1 unspecified atom stereocenters. The quantitative estimate of drug-likeness (QED) is 0.764. The molecule has 126 valence electrons. The third-order valence-electron chi connectivity index (χ3n) is 3.95. The summed E-state index contributed by atoms with van der Waals surface area (Å²) in [4.78, 5) is 12.5. The van der Waals surface area contributed by atoms with Crippen LogP contribution in [0.15, 0.2) is 48.5 Å². The molecule has 1 amide bonds. The van der Waals surface area contributed by atoms with Crippen LogP contribution < -0.4 is 11.1 Å². The maximum Gasteiger partial charge on any atom is 0.270 e. The van der Waals surface area contributed by atoms with Gasteiger partial charge in [0.2, 0.25) is 0 Å². The molecule has 1 atom stereocenters. The smallest absolute Gasteiger partial charge is 0.270 e. The van der Waals surface area contributed by atoms with Gasteiger partial charge in [-0.1, -0.05) is 36.4 Å². The van der Waals surface area contributed by atoms with Crippen molar-refractivity contribution in [3.05, 3.63) is 65.5 Å². The van der Waals surface area contributed by atoms with Crippen molar-refractivity contribution in [1.29, 1.82) is 0 Å². The van der Waals surface area contributed by atoms with Crippen LogP contribution in [0.1, 0.15) is 27.8 Å². The van der Waals surface area contributed by atoms with E-state index in [4.69, 9.17) is 5.73 Å². The summed E-state index contributed by atoms with van der Waals surface area (Å²) >= 11 is 0. The van der Waals surface area contributed by atoms with Gasteiger partial charge in [0.15, 0.2) is 0 Å². The number of aryl methyl sites for hydroxylation is 2. The summed E-state index contributed by atoms with van der Waals surface area (Å²) in [5.41, 5.74) is 8.22. The van der Waals surface area contributed by atoms with Crippen LogP contribution in [0.3, 0.4) is 0 Å². The first-order chi connectivity index (χ1) is 11.1. The van der Waals surface area contributed by atoms with Gasteiger partial charge in [-0.25, -0.2) is 0 Å². The molecule has 2 aromatic carbocycles. The van der Waals surface area contributed by atoms with Gasteiger partial charge >= 0.3 is 0 Å². The van der Waals surface area contributed by atoms with E-state index in [9.17, 15) is 4.79 Å². The third kappa shape index (κ3) is 3.58. The largest absolute Gasteiger partial charge is 0.343 e. The number of hydrogen-bond acceptors (Lipinski definition) is 3. The summed E-state index contributed by atoms with van der Waals surface area (Å²) in [5, 5.41) is 9.50. The molecule has 1 heterocycles. The van der Waals surface area contributed by atoms with Crippen LogP contribution in [0.4, 0.5) is 0 Å². The number of carbonyl (C=O) groups excluding carboxylic acids is 1. The van der Waals surface area contributed by atoms with E-state index in [0.717, 1.165) is 16.6 Å². The summed E-state index contributed by atoms with van der Waals surface area (Å²) in [5.74, 6) is -0.170. The molecular weight excluding hydrogens is 324 g/mol. The minimum absolute atomic E-state index is 0. The number of amides is 1. The Morgan fingerprint density at radius 3 is 2.54 bits per heavy atom. The minimum atomic E-state index is -0.234. The zero-order valence-corrected chi connectivity index (χ0v) is 14.5. The van der Waals surface area contributed by atoms with Gasteiger partial charge in [0.1, 0.15) is 5.69 Å². The molecule has 0 saturated heterocycles. The highest BCUT2D eigenvalue weighted by Crippen LogP contribution is 2.20. The fourth-order valence-electron chi connectivity index (χ4n) is 2.76. The molecule has 0 aliphatic carbocycles. The molecular formula is C18H21ClN4O. The van der Waals surface area contributed by atoms with E-state index in [1.165, 1.54) is 5.39 Å². The number of nitrogens with zero attached hydrogens (tertiary/aromatic N) is 2. The monoisotopic (exact) mass is 344 g/mol. The number of halogens is 1. The maximum atomic E-state index is 12.5. The number of benzene rings is 2. The van der Waals surface area contributed by atoms with Crippen molar-refractivity contribution in [2.45, 2.75) is 13.0 Å². The summed E-state index contributed by atoms with van der Waals surface area (Å²) in [6, 6.07) is 15.8. The molecule has 0 fully saturated rings. The number of carbonyl (C=O) groups is 1. The van der Waals surface area contributed by atoms with Crippen molar-refractivity contribution in [2.75, 3.05) is 6.54 Å². The average molecular weight is 345 g/mol. The number of fused-ring (bicyclic) bond motifs is 1. The van der Waals surface area contributed by atoms with Crippen molar-refractivity contribution in [3.8, 4) is 0 Å². The fraction of sp³-hybridized carbons (Fsp3) is 0.222. The number of aromatic nitrogens is 2. The first kappa shape index (κ1) is 18.0. The molecule has 0 saturated carbocycles. The van der Waals surface area contributed by atoms with Gasteiger partial charge < -0.3 is 11.1 Å². The molecule has 0 spiro atoms. The van der Waals surface area contributed by atoms with Crippen LogP contribution in [-0.2, 0) is 7.05 Å². The van der Waals surface area contributed by atoms with Gasteiger partial charge in [-0.15, -0.1) is 12.4 Å². The second-order valence-corrected chi connectivity index (χ2v) is 5.66. The van der Waals surface area contributed by atoms with E-state index in [1.54, 1.807) is 17.8 Å². The number of hydrogen-bond donors (Lipinski definition) is 2. The van der Waals surface area contributed by atoms with Crippen molar-refractivity contribution in [2.24, 2.45) is 12.8 Å². The van der Waals surface area contributed by atoms with E-state index in [1.807, 2.05) is 31.2 Å². The Bertz CT molecular complexity index is 859. The van der Waals surface area contributed by atoms with E-state index >= 15 is 0 Å². The second-order valence-electron chi connectivity index (χ2n) is 5.66. The highest BCUT2D eigenvalue weighted by molar-refractivity contribution is 5.93. The lowest BCUT2D eigenvalue weighted by Crippen LogP contribution is -2.34. The Hall–Kier alpha value is -2.37. The Morgan fingerprint density at radius 2 is 1.92 bits per heavy atom. The summed E-state index contributed by atoms with van der Waals surface area (Å²) in [6.07, 6.45) is 0. The van der Waals surface area contributed by atoms with Crippen LogP contribution in [-0.4, -0.2) is 22.2 Å². The summed E-state index contributed by atoms with van der Waals surface area (Å²) < 4.78 is 1.58. The number of nitrogens with one attached hydrogen (secondary N) is 1.